The molecule has 0 saturated heterocycles. The van der Waals surface area contributed by atoms with E-state index in [0.29, 0.717) is 16.2 Å². The molecule has 182 valence electrons. The molecule has 4 rings (SSSR count). The average molecular weight is 441 g/mol. The Morgan fingerprint density at radius 3 is 2.28 bits per heavy atom. The number of hydrogen-bond donors (Lipinski definition) is 1. The highest BCUT2D eigenvalue weighted by molar-refractivity contribution is 5.34. The first-order valence-electron chi connectivity index (χ1n) is 13.8. The Balaban J connectivity index is 1.67. The molecule has 32 heavy (non-hydrogen) atoms. The molecule has 3 fully saturated rings. The van der Waals surface area contributed by atoms with Gasteiger partial charge in [0.1, 0.15) is 0 Å². The Labute approximate surface area is 199 Å². The van der Waals surface area contributed by atoms with Crippen LogP contribution in [0.4, 0.5) is 0 Å². The number of aliphatic hydroxyl groups is 1. The van der Waals surface area contributed by atoms with E-state index in [-0.39, 0.29) is 16.9 Å². The van der Waals surface area contributed by atoms with Crippen molar-refractivity contribution in [2.45, 2.75) is 126 Å². The van der Waals surface area contributed by atoms with Gasteiger partial charge in [0.05, 0.1) is 6.10 Å². The van der Waals surface area contributed by atoms with Crippen molar-refractivity contribution in [1.29, 1.82) is 0 Å². The van der Waals surface area contributed by atoms with Gasteiger partial charge in [-0.2, -0.15) is 0 Å². The molecule has 1 N–H and O–H groups in total. The van der Waals surface area contributed by atoms with E-state index < -0.39 is 0 Å². The van der Waals surface area contributed by atoms with E-state index in [9.17, 15) is 5.11 Å². The molecule has 1 nitrogen and oxygen atoms in total. The van der Waals surface area contributed by atoms with E-state index in [1.165, 1.54) is 50.5 Å². The van der Waals surface area contributed by atoms with E-state index in [0.717, 1.165) is 30.6 Å². The zero-order chi connectivity index (χ0) is 23.7. The van der Waals surface area contributed by atoms with Crippen LogP contribution in [0.3, 0.4) is 0 Å². The van der Waals surface area contributed by atoms with E-state index in [1.807, 2.05) is 0 Å². The molecule has 0 aromatic rings. The monoisotopic (exact) mass is 440 g/mol. The molecule has 0 bridgehead atoms. The van der Waals surface area contributed by atoms with E-state index >= 15 is 0 Å². The Kier molecular flexibility index (Phi) is 5.93. The fourth-order valence-electron chi connectivity index (χ4n) is 9.98. The number of hydrogen-bond acceptors (Lipinski definition) is 1. The summed E-state index contributed by atoms with van der Waals surface area (Å²) in [4.78, 5) is 0. The molecule has 0 aromatic carbocycles. The fourth-order valence-corrected chi connectivity index (χ4v) is 9.98. The quantitative estimate of drug-likeness (QED) is 0.433. The summed E-state index contributed by atoms with van der Waals surface area (Å²) in [5.41, 5.74) is 4.44. The summed E-state index contributed by atoms with van der Waals surface area (Å²) < 4.78 is 0. The molecule has 3 saturated carbocycles. The summed E-state index contributed by atoms with van der Waals surface area (Å²) >= 11 is 0. The molecule has 0 heterocycles. The summed E-state index contributed by atoms with van der Waals surface area (Å²) in [6.07, 6.45) is 16.4. The summed E-state index contributed by atoms with van der Waals surface area (Å²) in [5.74, 6) is 2.45. The van der Waals surface area contributed by atoms with Crippen molar-refractivity contribution in [2.24, 2.45) is 44.8 Å². The zero-order valence-electron chi connectivity index (χ0n) is 22.8. The Morgan fingerprint density at radius 2 is 1.62 bits per heavy atom. The van der Waals surface area contributed by atoms with E-state index in [2.05, 4.69) is 74.5 Å². The summed E-state index contributed by atoms with van der Waals surface area (Å²) in [7, 11) is 0. The molecule has 0 aromatic heterocycles. The highest BCUT2D eigenvalue weighted by Gasteiger charge is 2.69. The van der Waals surface area contributed by atoms with Gasteiger partial charge in [0.25, 0.3) is 0 Å². The van der Waals surface area contributed by atoms with Crippen molar-refractivity contribution in [3.63, 3.8) is 0 Å². The normalized spacial score (nSPS) is 48.2. The number of rotatable bonds is 4. The molecule has 0 amide bonds. The SMILES string of the molecule is CC(C)=CCCC(C)C1CCC2(C)C3CC=C4C(C)(C)C(O)CCC4(C)C3(C)CCC12C. The van der Waals surface area contributed by atoms with Crippen molar-refractivity contribution in [1.82, 2.24) is 0 Å². The Hall–Kier alpha value is -0.560. The molecule has 8 atom stereocenters. The first-order valence-corrected chi connectivity index (χ1v) is 13.8. The lowest BCUT2D eigenvalue weighted by atomic mass is 9.35. The third kappa shape index (κ3) is 3.11. The number of aliphatic hydroxyl groups excluding tert-OH is 1. The molecule has 4 aliphatic rings. The van der Waals surface area contributed by atoms with E-state index in [1.54, 1.807) is 5.57 Å². The topological polar surface area (TPSA) is 20.2 Å². The lowest BCUT2D eigenvalue weighted by molar-refractivity contribution is -0.173. The first kappa shape index (κ1) is 24.6. The van der Waals surface area contributed by atoms with Crippen LogP contribution in [0.15, 0.2) is 23.3 Å². The second kappa shape index (κ2) is 7.73. The highest BCUT2D eigenvalue weighted by atomic mass is 16.3. The molecule has 8 unspecified atom stereocenters. The second-order valence-electron chi connectivity index (χ2n) is 14.2. The maximum Gasteiger partial charge on any atom is 0.0628 e. The third-order valence-electron chi connectivity index (χ3n) is 12.5. The molecule has 1 heteroatoms. The van der Waals surface area contributed by atoms with Crippen LogP contribution in [-0.4, -0.2) is 11.2 Å². The summed E-state index contributed by atoms with van der Waals surface area (Å²) in [6, 6.07) is 0. The van der Waals surface area contributed by atoms with Crippen LogP contribution in [0.25, 0.3) is 0 Å². The van der Waals surface area contributed by atoms with Crippen LogP contribution >= 0.6 is 0 Å². The van der Waals surface area contributed by atoms with Crippen LogP contribution < -0.4 is 0 Å². The lowest BCUT2D eigenvalue weighted by Gasteiger charge is -2.69. The Morgan fingerprint density at radius 1 is 0.969 bits per heavy atom. The largest absolute Gasteiger partial charge is 0.392 e. The van der Waals surface area contributed by atoms with Gasteiger partial charge in [0.2, 0.25) is 0 Å². The third-order valence-corrected chi connectivity index (χ3v) is 12.5. The molecule has 0 aliphatic heterocycles. The first-order chi connectivity index (χ1) is 14.7. The molecule has 4 aliphatic carbocycles. The van der Waals surface area contributed by atoms with Gasteiger partial charge < -0.3 is 5.11 Å². The average Bonchev–Trinajstić information content (AvgIpc) is 2.97. The van der Waals surface area contributed by atoms with Crippen molar-refractivity contribution in [3.8, 4) is 0 Å². The minimum atomic E-state index is -0.191. The Bertz CT molecular complexity index is 799. The number of allylic oxidation sites excluding steroid dienone is 3. The zero-order valence-corrected chi connectivity index (χ0v) is 22.8. The van der Waals surface area contributed by atoms with Crippen LogP contribution in [0.1, 0.15) is 120 Å². The maximum atomic E-state index is 10.9. The van der Waals surface area contributed by atoms with Crippen LogP contribution in [-0.2, 0) is 0 Å². The highest BCUT2D eigenvalue weighted by Crippen LogP contribution is 2.77. The van der Waals surface area contributed by atoms with Gasteiger partial charge >= 0.3 is 0 Å². The summed E-state index contributed by atoms with van der Waals surface area (Å²) in [5, 5.41) is 10.9. The van der Waals surface area contributed by atoms with Gasteiger partial charge in [-0.25, -0.2) is 0 Å². The smallest absolute Gasteiger partial charge is 0.0628 e. The fraction of sp³-hybridized carbons (Fsp3) is 0.871. The summed E-state index contributed by atoms with van der Waals surface area (Å²) in [6.45, 7) is 22.3. The van der Waals surface area contributed by atoms with Crippen molar-refractivity contribution < 1.29 is 5.11 Å². The van der Waals surface area contributed by atoms with Gasteiger partial charge in [0, 0.05) is 5.41 Å². The molecule has 0 radical (unpaired) electrons. The second-order valence-corrected chi connectivity index (χ2v) is 14.2. The molecular formula is C31H52O. The maximum absolute atomic E-state index is 10.9. The lowest BCUT2D eigenvalue weighted by Crippen LogP contribution is -2.62. The minimum absolute atomic E-state index is 0.0830. The van der Waals surface area contributed by atoms with Crippen LogP contribution in [0, 0.1) is 44.8 Å². The molecular weight excluding hydrogens is 388 g/mol. The predicted molar refractivity (Wildman–Crippen MR) is 137 cm³/mol. The van der Waals surface area contributed by atoms with Crippen molar-refractivity contribution in [3.05, 3.63) is 23.3 Å². The van der Waals surface area contributed by atoms with Gasteiger partial charge in [-0.05, 0) is 111 Å². The van der Waals surface area contributed by atoms with Gasteiger partial charge in [-0.15, -0.1) is 0 Å². The van der Waals surface area contributed by atoms with Gasteiger partial charge in [-0.3, -0.25) is 0 Å². The van der Waals surface area contributed by atoms with Gasteiger partial charge in [-0.1, -0.05) is 71.8 Å². The number of fused-ring (bicyclic) bond motifs is 5. The van der Waals surface area contributed by atoms with Crippen LogP contribution in [0.2, 0.25) is 0 Å². The predicted octanol–water partition coefficient (Wildman–Crippen LogP) is 8.73. The van der Waals surface area contributed by atoms with E-state index in [4.69, 9.17) is 0 Å². The van der Waals surface area contributed by atoms with Crippen molar-refractivity contribution >= 4 is 0 Å². The minimum Gasteiger partial charge on any atom is -0.392 e. The van der Waals surface area contributed by atoms with Gasteiger partial charge in [0.15, 0.2) is 0 Å². The van der Waals surface area contributed by atoms with Crippen LogP contribution in [0.5, 0.6) is 0 Å². The molecule has 0 spiro atoms. The van der Waals surface area contributed by atoms with Crippen molar-refractivity contribution in [2.75, 3.05) is 0 Å². The standard InChI is InChI=1S/C31H52O/c1-21(2)11-10-12-22(3)23-15-17-30(8)25-14-13-24-27(4,5)26(32)16-18-29(24,7)31(25,9)20-19-28(23,30)6/h11,13,22-23,25-26,32H,10,12,14-20H2,1-9H3.